The summed E-state index contributed by atoms with van der Waals surface area (Å²) in [4.78, 5) is 15.8. The number of hydrogen-bond donors (Lipinski definition) is 2. The van der Waals surface area contributed by atoms with E-state index in [1.807, 2.05) is 13.0 Å². The van der Waals surface area contributed by atoms with Crippen LogP contribution >= 0.6 is 11.8 Å². The summed E-state index contributed by atoms with van der Waals surface area (Å²) in [6.07, 6.45) is 3.56. The second kappa shape index (κ2) is 5.32. The molecular formula is C11H15N3OS. The number of pyridine rings is 1. The van der Waals surface area contributed by atoms with Crippen LogP contribution in [0.4, 0.5) is 0 Å². The molecule has 0 radical (unpaired) electrons. The zero-order valence-corrected chi connectivity index (χ0v) is 10.0. The van der Waals surface area contributed by atoms with E-state index in [2.05, 4.69) is 15.6 Å². The number of nitrogens with one attached hydrogen (secondary N) is 2. The summed E-state index contributed by atoms with van der Waals surface area (Å²) in [5.74, 6) is 1.80. The van der Waals surface area contributed by atoms with Gasteiger partial charge in [-0.25, -0.2) is 0 Å². The van der Waals surface area contributed by atoms with Gasteiger partial charge in [0, 0.05) is 30.6 Å². The van der Waals surface area contributed by atoms with Crippen molar-refractivity contribution < 1.29 is 4.79 Å². The van der Waals surface area contributed by atoms with Crippen LogP contribution < -0.4 is 10.6 Å². The van der Waals surface area contributed by atoms with Gasteiger partial charge in [-0.05, 0) is 24.1 Å². The van der Waals surface area contributed by atoms with Crippen LogP contribution in [0.5, 0.6) is 0 Å². The summed E-state index contributed by atoms with van der Waals surface area (Å²) in [5.41, 5.74) is 2.23. The van der Waals surface area contributed by atoms with E-state index >= 15 is 0 Å². The highest BCUT2D eigenvalue weighted by Crippen LogP contribution is 2.10. The Morgan fingerprint density at radius 3 is 3.31 bits per heavy atom. The first-order valence-corrected chi connectivity index (χ1v) is 6.41. The quantitative estimate of drug-likeness (QED) is 0.811. The van der Waals surface area contributed by atoms with Gasteiger partial charge >= 0.3 is 0 Å². The standard InChI is InChI=1S/C11H15N3OS/c1-8-2-3-12-4-9(8)5-13-11(15)10-6-16-7-14-10/h2-4,10,14H,5-7H2,1H3,(H,13,15). The fourth-order valence-corrected chi connectivity index (χ4v) is 2.49. The van der Waals surface area contributed by atoms with Gasteiger partial charge in [0.15, 0.2) is 0 Å². The maximum atomic E-state index is 11.7. The normalized spacial score (nSPS) is 19.7. The van der Waals surface area contributed by atoms with E-state index in [9.17, 15) is 4.79 Å². The van der Waals surface area contributed by atoms with Gasteiger partial charge in [-0.15, -0.1) is 11.8 Å². The van der Waals surface area contributed by atoms with Crippen molar-refractivity contribution in [1.29, 1.82) is 0 Å². The fraction of sp³-hybridized carbons (Fsp3) is 0.455. The molecule has 0 aromatic carbocycles. The van der Waals surface area contributed by atoms with E-state index in [0.29, 0.717) is 6.54 Å². The lowest BCUT2D eigenvalue weighted by Gasteiger charge is -2.11. The Bertz CT molecular complexity index is 377. The molecule has 1 aromatic heterocycles. The molecule has 0 aliphatic carbocycles. The molecule has 1 atom stereocenters. The minimum absolute atomic E-state index is 0.0398. The van der Waals surface area contributed by atoms with Crippen LogP contribution in [0.25, 0.3) is 0 Å². The molecule has 1 aromatic rings. The second-order valence-electron chi connectivity index (χ2n) is 3.79. The topological polar surface area (TPSA) is 54.0 Å². The van der Waals surface area contributed by atoms with Crippen LogP contribution in [0.3, 0.4) is 0 Å². The maximum Gasteiger partial charge on any atom is 0.238 e. The minimum atomic E-state index is -0.0398. The Morgan fingerprint density at radius 2 is 2.62 bits per heavy atom. The third kappa shape index (κ3) is 2.74. The third-order valence-corrected chi connectivity index (χ3v) is 3.57. The van der Waals surface area contributed by atoms with E-state index in [1.165, 1.54) is 0 Å². The molecule has 1 saturated heterocycles. The molecule has 0 spiro atoms. The molecule has 2 heterocycles. The average Bonchev–Trinajstić information content (AvgIpc) is 2.81. The summed E-state index contributed by atoms with van der Waals surface area (Å²) >= 11 is 1.75. The number of aryl methyl sites for hydroxylation is 1. The van der Waals surface area contributed by atoms with E-state index in [0.717, 1.165) is 22.8 Å². The van der Waals surface area contributed by atoms with Crippen molar-refractivity contribution in [1.82, 2.24) is 15.6 Å². The molecule has 2 N–H and O–H groups in total. The van der Waals surface area contributed by atoms with Crippen molar-refractivity contribution in [2.75, 3.05) is 11.6 Å². The predicted molar refractivity (Wildman–Crippen MR) is 65.1 cm³/mol. The Morgan fingerprint density at radius 1 is 1.75 bits per heavy atom. The number of aromatic nitrogens is 1. The van der Waals surface area contributed by atoms with Gasteiger partial charge in [0.25, 0.3) is 0 Å². The highest BCUT2D eigenvalue weighted by Gasteiger charge is 2.21. The van der Waals surface area contributed by atoms with Crippen LogP contribution in [0, 0.1) is 6.92 Å². The Kier molecular flexibility index (Phi) is 3.79. The Hall–Kier alpha value is -1.07. The monoisotopic (exact) mass is 237 g/mol. The lowest BCUT2D eigenvalue weighted by molar-refractivity contribution is -0.122. The molecule has 1 unspecified atom stereocenters. The molecule has 16 heavy (non-hydrogen) atoms. The third-order valence-electron chi connectivity index (χ3n) is 2.63. The van der Waals surface area contributed by atoms with E-state index in [4.69, 9.17) is 0 Å². The Labute approximate surface area is 99.2 Å². The van der Waals surface area contributed by atoms with E-state index in [-0.39, 0.29) is 11.9 Å². The molecule has 1 fully saturated rings. The average molecular weight is 237 g/mol. The lowest BCUT2D eigenvalue weighted by atomic mass is 10.1. The summed E-state index contributed by atoms with van der Waals surface area (Å²) in [6, 6.07) is 1.91. The van der Waals surface area contributed by atoms with Crippen molar-refractivity contribution in [3.05, 3.63) is 29.6 Å². The molecule has 86 valence electrons. The molecule has 0 bridgehead atoms. The van der Waals surface area contributed by atoms with Gasteiger partial charge in [0.2, 0.25) is 5.91 Å². The summed E-state index contributed by atoms with van der Waals surface area (Å²) in [5, 5.41) is 6.07. The first kappa shape index (κ1) is 11.4. The van der Waals surface area contributed by atoms with Gasteiger partial charge in [-0.1, -0.05) is 0 Å². The van der Waals surface area contributed by atoms with Crippen LogP contribution in [0.15, 0.2) is 18.5 Å². The first-order chi connectivity index (χ1) is 7.77. The predicted octanol–water partition coefficient (Wildman–Crippen LogP) is 0.669. The highest BCUT2D eigenvalue weighted by molar-refractivity contribution is 7.99. The van der Waals surface area contributed by atoms with E-state index in [1.54, 1.807) is 24.2 Å². The number of nitrogens with zero attached hydrogens (tertiary/aromatic N) is 1. The lowest BCUT2D eigenvalue weighted by Crippen LogP contribution is -2.41. The zero-order chi connectivity index (χ0) is 11.4. The number of carbonyl (C=O) groups excluding carboxylic acids is 1. The van der Waals surface area contributed by atoms with Crippen molar-refractivity contribution in [2.24, 2.45) is 0 Å². The van der Waals surface area contributed by atoms with Crippen LogP contribution in [-0.2, 0) is 11.3 Å². The molecule has 0 saturated carbocycles. The molecule has 2 rings (SSSR count). The number of hydrogen-bond acceptors (Lipinski definition) is 4. The largest absolute Gasteiger partial charge is 0.351 e. The molecule has 5 heteroatoms. The summed E-state index contributed by atoms with van der Waals surface area (Å²) < 4.78 is 0. The van der Waals surface area contributed by atoms with Gasteiger partial charge in [-0.3, -0.25) is 15.1 Å². The number of rotatable bonds is 3. The van der Waals surface area contributed by atoms with Crippen molar-refractivity contribution >= 4 is 17.7 Å². The zero-order valence-electron chi connectivity index (χ0n) is 9.19. The SMILES string of the molecule is Cc1ccncc1CNC(=O)C1CSCN1. The van der Waals surface area contributed by atoms with Crippen molar-refractivity contribution in [3.63, 3.8) is 0 Å². The van der Waals surface area contributed by atoms with Crippen molar-refractivity contribution in [2.45, 2.75) is 19.5 Å². The molecule has 1 aliphatic rings. The van der Waals surface area contributed by atoms with Gasteiger partial charge in [0.05, 0.1) is 6.04 Å². The summed E-state index contributed by atoms with van der Waals surface area (Å²) in [6.45, 7) is 2.58. The summed E-state index contributed by atoms with van der Waals surface area (Å²) in [7, 11) is 0. The number of thioether (sulfide) groups is 1. The molecule has 1 aliphatic heterocycles. The number of amides is 1. The first-order valence-electron chi connectivity index (χ1n) is 5.25. The fourth-order valence-electron chi connectivity index (χ4n) is 1.55. The van der Waals surface area contributed by atoms with Crippen molar-refractivity contribution in [3.8, 4) is 0 Å². The number of carbonyl (C=O) groups is 1. The smallest absolute Gasteiger partial charge is 0.238 e. The Balaban J connectivity index is 1.87. The maximum absolute atomic E-state index is 11.7. The second-order valence-corrected chi connectivity index (χ2v) is 4.82. The van der Waals surface area contributed by atoms with Crippen LogP contribution in [0.1, 0.15) is 11.1 Å². The molecule has 4 nitrogen and oxygen atoms in total. The van der Waals surface area contributed by atoms with E-state index < -0.39 is 0 Å². The van der Waals surface area contributed by atoms with Gasteiger partial charge < -0.3 is 5.32 Å². The van der Waals surface area contributed by atoms with Gasteiger partial charge in [0.1, 0.15) is 0 Å². The minimum Gasteiger partial charge on any atom is -0.351 e. The van der Waals surface area contributed by atoms with Crippen LogP contribution in [-0.4, -0.2) is 28.6 Å². The molecule has 1 amide bonds. The van der Waals surface area contributed by atoms with Gasteiger partial charge in [-0.2, -0.15) is 0 Å². The highest BCUT2D eigenvalue weighted by atomic mass is 32.2. The van der Waals surface area contributed by atoms with Crippen LogP contribution in [0.2, 0.25) is 0 Å². The molecular weight excluding hydrogens is 222 g/mol.